The lowest BCUT2D eigenvalue weighted by molar-refractivity contribution is -0.385. The van der Waals surface area contributed by atoms with Gasteiger partial charge >= 0.3 is 0 Å². The normalized spacial score (nSPS) is 10.3. The molecule has 0 aliphatic rings. The Labute approximate surface area is 124 Å². The molecule has 0 saturated heterocycles. The van der Waals surface area contributed by atoms with Crippen LogP contribution in [0, 0.1) is 10.1 Å². The van der Waals surface area contributed by atoms with E-state index < -0.39 is 10.8 Å². The third kappa shape index (κ3) is 3.69. The molecule has 2 aromatic rings. The zero-order chi connectivity index (χ0) is 15.4. The highest BCUT2D eigenvalue weighted by Gasteiger charge is 2.16. The first-order chi connectivity index (χ1) is 9.97. The maximum atomic E-state index is 11.1. The number of carbonyl (C=O) groups excluding carboxylic acids is 1. The van der Waals surface area contributed by atoms with E-state index in [2.05, 4.69) is 4.98 Å². The molecule has 0 bridgehead atoms. The number of anilines is 1. The topological polar surface area (TPSA) is 125 Å². The monoisotopic (exact) mass is 304 g/mol. The Kier molecular flexibility index (Phi) is 4.39. The van der Waals surface area contributed by atoms with Gasteiger partial charge in [-0.15, -0.1) is 11.8 Å². The predicted molar refractivity (Wildman–Crippen MR) is 79.8 cm³/mol. The van der Waals surface area contributed by atoms with Gasteiger partial charge in [-0.3, -0.25) is 14.9 Å². The van der Waals surface area contributed by atoms with Gasteiger partial charge in [0, 0.05) is 22.9 Å². The second kappa shape index (κ2) is 6.23. The summed E-state index contributed by atoms with van der Waals surface area (Å²) in [5.41, 5.74) is 11.7. The van der Waals surface area contributed by atoms with E-state index in [-0.39, 0.29) is 11.3 Å². The summed E-state index contributed by atoms with van der Waals surface area (Å²) >= 11 is 1.34. The third-order valence-electron chi connectivity index (χ3n) is 2.70. The van der Waals surface area contributed by atoms with Crippen LogP contribution in [0.5, 0.6) is 0 Å². The van der Waals surface area contributed by atoms with Gasteiger partial charge in [-0.1, -0.05) is 6.07 Å². The number of nitrogens with two attached hydrogens (primary N) is 2. The lowest BCUT2D eigenvalue weighted by Crippen LogP contribution is -2.11. The van der Waals surface area contributed by atoms with Crippen molar-refractivity contribution in [1.82, 2.24) is 4.98 Å². The van der Waals surface area contributed by atoms with E-state index in [9.17, 15) is 14.9 Å². The average molecular weight is 304 g/mol. The third-order valence-corrected chi connectivity index (χ3v) is 3.69. The molecule has 7 nitrogen and oxygen atoms in total. The molecule has 0 saturated carbocycles. The molecule has 0 fully saturated rings. The number of benzene rings is 1. The Hall–Kier alpha value is -2.61. The molecule has 0 unspecified atom stereocenters. The molecule has 1 heterocycles. The van der Waals surface area contributed by atoms with Crippen LogP contribution in [0.4, 0.5) is 11.4 Å². The number of amides is 1. The highest BCUT2D eigenvalue weighted by atomic mass is 32.2. The number of nitrogens with zero attached hydrogens (tertiary/aromatic N) is 2. The van der Waals surface area contributed by atoms with Crippen molar-refractivity contribution in [2.75, 3.05) is 5.73 Å². The summed E-state index contributed by atoms with van der Waals surface area (Å²) < 4.78 is 0. The van der Waals surface area contributed by atoms with E-state index in [1.807, 2.05) is 0 Å². The maximum Gasteiger partial charge on any atom is 0.274 e. The highest BCUT2D eigenvalue weighted by molar-refractivity contribution is 7.98. The number of carbonyl (C=O) groups is 1. The molecular formula is C13H12N4O3S. The minimum Gasteiger partial charge on any atom is -0.397 e. The molecule has 4 N–H and O–H groups in total. The summed E-state index contributed by atoms with van der Waals surface area (Å²) in [6.07, 6.45) is 1.52. The number of thioether (sulfide) groups is 1. The van der Waals surface area contributed by atoms with Crippen LogP contribution in [-0.4, -0.2) is 15.8 Å². The van der Waals surface area contributed by atoms with Crippen molar-refractivity contribution >= 4 is 29.0 Å². The fourth-order valence-corrected chi connectivity index (χ4v) is 2.48. The first kappa shape index (κ1) is 14.8. The van der Waals surface area contributed by atoms with Gasteiger partial charge in [0.05, 0.1) is 21.8 Å². The molecule has 21 heavy (non-hydrogen) atoms. The fourth-order valence-electron chi connectivity index (χ4n) is 1.64. The second-order valence-electron chi connectivity index (χ2n) is 4.18. The average Bonchev–Trinajstić information content (AvgIpc) is 2.46. The van der Waals surface area contributed by atoms with Crippen LogP contribution in [0.3, 0.4) is 0 Å². The van der Waals surface area contributed by atoms with Crippen LogP contribution in [0.2, 0.25) is 0 Å². The summed E-state index contributed by atoms with van der Waals surface area (Å²) in [4.78, 5) is 25.7. The van der Waals surface area contributed by atoms with Crippen LogP contribution in [0.1, 0.15) is 15.9 Å². The number of hydrogen-bond acceptors (Lipinski definition) is 6. The summed E-state index contributed by atoms with van der Waals surface area (Å²) in [5.74, 6) is -0.343. The van der Waals surface area contributed by atoms with Crippen molar-refractivity contribution in [2.24, 2.45) is 5.73 Å². The van der Waals surface area contributed by atoms with Crippen molar-refractivity contribution in [3.8, 4) is 0 Å². The van der Waals surface area contributed by atoms with Crippen LogP contribution in [0.25, 0.3) is 0 Å². The first-order valence-corrected chi connectivity index (χ1v) is 6.87. The molecule has 2 rings (SSSR count). The molecule has 0 spiro atoms. The van der Waals surface area contributed by atoms with Gasteiger partial charge in [0.15, 0.2) is 0 Å². The van der Waals surface area contributed by atoms with Crippen molar-refractivity contribution in [3.05, 3.63) is 57.8 Å². The zero-order valence-electron chi connectivity index (χ0n) is 10.9. The van der Waals surface area contributed by atoms with Gasteiger partial charge in [-0.05, 0) is 18.2 Å². The minimum absolute atomic E-state index is 0.112. The Balaban J connectivity index is 2.21. The maximum absolute atomic E-state index is 11.1. The number of primary amides is 1. The standard InChI is InChI=1S/C13H12N4O3S/c14-10-3-4-12(16-6-10)21-7-9-2-1-8(13(15)18)5-11(9)17(19)20/h1-6H,7,14H2,(H2,15,18). The molecule has 0 aliphatic heterocycles. The number of rotatable bonds is 5. The number of nitrogen functional groups attached to an aromatic ring is 1. The largest absolute Gasteiger partial charge is 0.397 e. The number of pyridine rings is 1. The van der Waals surface area contributed by atoms with Crippen LogP contribution < -0.4 is 11.5 Å². The number of nitro benzene ring substituents is 1. The fraction of sp³-hybridized carbons (Fsp3) is 0.0769. The lowest BCUT2D eigenvalue weighted by atomic mass is 10.1. The lowest BCUT2D eigenvalue weighted by Gasteiger charge is -2.04. The molecule has 8 heteroatoms. The van der Waals surface area contributed by atoms with Gasteiger partial charge in [-0.2, -0.15) is 0 Å². The number of nitro groups is 1. The quantitative estimate of drug-likeness (QED) is 0.494. The molecule has 1 aromatic heterocycles. The second-order valence-corrected chi connectivity index (χ2v) is 5.18. The first-order valence-electron chi connectivity index (χ1n) is 5.89. The Morgan fingerprint density at radius 3 is 2.67 bits per heavy atom. The molecule has 0 aliphatic carbocycles. The number of aromatic nitrogens is 1. The zero-order valence-corrected chi connectivity index (χ0v) is 11.7. The van der Waals surface area contributed by atoms with Gasteiger partial charge < -0.3 is 11.5 Å². The van der Waals surface area contributed by atoms with Crippen molar-refractivity contribution < 1.29 is 9.72 Å². The summed E-state index contributed by atoms with van der Waals surface area (Å²) in [5, 5.41) is 11.8. The summed E-state index contributed by atoms with van der Waals surface area (Å²) in [7, 11) is 0. The van der Waals surface area contributed by atoms with Crippen molar-refractivity contribution in [2.45, 2.75) is 10.8 Å². The minimum atomic E-state index is -0.697. The molecule has 1 amide bonds. The van der Waals surface area contributed by atoms with E-state index >= 15 is 0 Å². The van der Waals surface area contributed by atoms with Gasteiger partial charge in [0.2, 0.25) is 5.91 Å². The highest BCUT2D eigenvalue weighted by Crippen LogP contribution is 2.28. The Bertz CT molecular complexity index is 688. The molecule has 1 aromatic carbocycles. The molecule has 108 valence electrons. The van der Waals surface area contributed by atoms with E-state index in [0.717, 1.165) is 0 Å². The van der Waals surface area contributed by atoms with E-state index in [4.69, 9.17) is 11.5 Å². The summed E-state index contributed by atoms with van der Waals surface area (Å²) in [6.45, 7) is 0. The van der Waals surface area contributed by atoms with Gasteiger partial charge in [0.25, 0.3) is 5.69 Å². The predicted octanol–water partition coefficient (Wildman–Crippen LogP) is 1.96. The Morgan fingerprint density at radius 2 is 2.10 bits per heavy atom. The van der Waals surface area contributed by atoms with Crippen LogP contribution in [-0.2, 0) is 5.75 Å². The van der Waals surface area contributed by atoms with E-state index in [0.29, 0.717) is 22.0 Å². The molecule has 0 atom stereocenters. The van der Waals surface area contributed by atoms with Crippen molar-refractivity contribution in [3.63, 3.8) is 0 Å². The Morgan fingerprint density at radius 1 is 1.33 bits per heavy atom. The van der Waals surface area contributed by atoms with Crippen LogP contribution in [0.15, 0.2) is 41.6 Å². The van der Waals surface area contributed by atoms with Gasteiger partial charge in [-0.25, -0.2) is 4.98 Å². The summed E-state index contributed by atoms with van der Waals surface area (Å²) in [6, 6.07) is 7.64. The SMILES string of the molecule is NC(=O)c1ccc(CSc2ccc(N)cn2)c([N+](=O)[O-])c1. The van der Waals surface area contributed by atoms with E-state index in [1.165, 1.54) is 36.2 Å². The smallest absolute Gasteiger partial charge is 0.274 e. The molecule has 0 radical (unpaired) electrons. The van der Waals surface area contributed by atoms with E-state index in [1.54, 1.807) is 12.1 Å². The van der Waals surface area contributed by atoms with Gasteiger partial charge in [0.1, 0.15) is 0 Å². The van der Waals surface area contributed by atoms with Crippen LogP contribution >= 0.6 is 11.8 Å². The molecular weight excluding hydrogens is 292 g/mol. The number of hydrogen-bond donors (Lipinski definition) is 2. The van der Waals surface area contributed by atoms with Crippen molar-refractivity contribution in [1.29, 1.82) is 0 Å².